The number of para-hydroxylation sites is 1. The molecule has 7 nitrogen and oxygen atoms in total. The third-order valence-corrected chi connectivity index (χ3v) is 5.97. The molecule has 158 valence electrons. The SMILES string of the molecule is CC(=O)C1CCN(C(/C=C\N)=C(/N)OC2CN(c3ccc4ccccc4n3)C2)CC1. The molecule has 1 aromatic carbocycles. The monoisotopic (exact) mass is 407 g/mol. The number of nitrogens with two attached hydrogens (primary N) is 2. The Kier molecular flexibility index (Phi) is 5.79. The number of piperidine rings is 1. The highest BCUT2D eigenvalue weighted by Gasteiger charge is 2.31. The lowest BCUT2D eigenvalue weighted by molar-refractivity contribution is -0.121. The van der Waals surface area contributed by atoms with Gasteiger partial charge in [0, 0.05) is 24.4 Å². The molecule has 2 fully saturated rings. The number of carbonyl (C=O) groups is 1. The first kappa shape index (κ1) is 20.1. The van der Waals surface area contributed by atoms with Gasteiger partial charge in [0.2, 0.25) is 5.88 Å². The zero-order valence-electron chi connectivity index (χ0n) is 17.3. The van der Waals surface area contributed by atoms with Crippen LogP contribution in [-0.2, 0) is 9.53 Å². The van der Waals surface area contributed by atoms with E-state index in [1.165, 1.54) is 6.20 Å². The van der Waals surface area contributed by atoms with Gasteiger partial charge in [-0.25, -0.2) is 4.98 Å². The molecule has 0 unspecified atom stereocenters. The summed E-state index contributed by atoms with van der Waals surface area (Å²) in [6.45, 7) is 4.68. The van der Waals surface area contributed by atoms with Crippen molar-refractivity contribution in [3.8, 4) is 0 Å². The minimum Gasteiger partial charge on any atom is -0.471 e. The van der Waals surface area contributed by atoms with E-state index in [1.54, 1.807) is 13.0 Å². The second-order valence-electron chi connectivity index (χ2n) is 7.99. The quantitative estimate of drug-likeness (QED) is 0.560. The van der Waals surface area contributed by atoms with Crippen LogP contribution in [0.15, 0.2) is 60.3 Å². The predicted octanol–water partition coefficient (Wildman–Crippen LogP) is 2.34. The van der Waals surface area contributed by atoms with E-state index in [1.807, 2.05) is 24.3 Å². The van der Waals surface area contributed by atoms with Crippen molar-refractivity contribution < 1.29 is 9.53 Å². The molecule has 2 aromatic rings. The maximum Gasteiger partial charge on any atom is 0.208 e. The molecule has 2 aliphatic rings. The van der Waals surface area contributed by atoms with Crippen molar-refractivity contribution in [2.75, 3.05) is 31.1 Å². The van der Waals surface area contributed by atoms with Gasteiger partial charge in [-0.3, -0.25) is 4.79 Å². The van der Waals surface area contributed by atoms with Crippen LogP contribution in [-0.4, -0.2) is 48.0 Å². The molecule has 1 aromatic heterocycles. The first-order chi connectivity index (χ1) is 14.5. The predicted molar refractivity (Wildman–Crippen MR) is 118 cm³/mol. The van der Waals surface area contributed by atoms with E-state index in [2.05, 4.69) is 21.9 Å². The maximum absolute atomic E-state index is 11.6. The molecule has 0 radical (unpaired) electrons. The number of Topliss-reactive ketones (excluding diaryl/α,β-unsaturated/α-hetero) is 1. The van der Waals surface area contributed by atoms with E-state index < -0.39 is 0 Å². The number of pyridine rings is 1. The number of fused-ring (bicyclic) bond motifs is 1. The number of hydrogen-bond donors (Lipinski definition) is 2. The molecular formula is C23H29N5O2. The van der Waals surface area contributed by atoms with Crippen molar-refractivity contribution >= 4 is 22.5 Å². The van der Waals surface area contributed by atoms with Crippen LogP contribution in [0.25, 0.3) is 10.9 Å². The summed E-state index contributed by atoms with van der Waals surface area (Å²) in [5, 5.41) is 1.13. The van der Waals surface area contributed by atoms with Gasteiger partial charge in [-0.2, -0.15) is 0 Å². The number of nitrogens with zero attached hydrogens (tertiary/aromatic N) is 3. The summed E-state index contributed by atoms with van der Waals surface area (Å²) in [6, 6.07) is 12.2. The molecule has 0 atom stereocenters. The van der Waals surface area contributed by atoms with Gasteiger partial charge >= 0.3 is 0 Å². The number of likely N-dealkylation sites (tertiary alicyclic amines) is 1. The van der Waals surface area contributed by atoms with Crippen molar-refractivity contribution in [1.82, 2.24) is 9.88 Å². The van der Waals surface area contributed by atoms with Crippen molar-refractivity contribution in [3.63, 3.8) is 0 Å². The van der Waals surface area contributed by atoms with E-state index in [0.717, 1.165) is 61.4 Å². The van der Waals surface area contributed by atoms with Crippen LogP contribution >= 0.6 is 0 Å². The van der Waals surface area contributed by atoms with Crippen LogP contribution in [0.5, 0.6) is 0 Å². The third kappa shape index (κ3) is 4.20. The van der Waals surface area contributed by atoms with E-state index in [0.29, 0.717) is 5.88 Å². The van der Waals surface area contributed by atoms with Crippen LogP contribution < -0.4 is 16.4 Å². The van der Waals surface area contributed by atoms with Gasteiger partial charge in [0.15, 0.2) is 0 Å². The number of ether oxygens (including phenoxy) is 1. The Bertz CT molecular complexity index is 972. The molecule has 7 heteroatoms. The standard InChI is InChI=1S/C23H29N5O2/c1-16(29)17-9-12-27(13-10-17)21(8-11-24)23(25)30-19-14-28(15-19)22-7-6-18-4-2-3-5-20(18)26-22/h2-8,11,17,19H,9-10,12-15,24-25H2,1H3/b11-8-,23-21-. The van der Waals surface area contributed by atoms with Crippen LogP contribution in [0.4, 0.5) is 5.82 Å². The Hall–Kier alpha value is -3.22. The molecule has 0 amide bonds. The second-order valence-corrected chi connectivity index (χ2v) is 7.99. The Balaban J connectivity index is 1.38. The number of ketones is 1. The molecule has 3 heterocycles. The molecule has 0 spiro atoms. The third-order valence-electron chi connectivity index (χ3n) is 5.97. The fourth-order valence-corrected chi connectivity index (χ4v) is 4.13. The maximum atomic E-state index is 11.6. The smallest absolute Gasteiger partial charge is 0.208 e. The zero-order chi connectivity index (χ0) is 21.1. The van der Waals surface area contributed by atoms with Gasteiger partial charge < -0.3 is 26.0 Å². The normalized spacial score (nSPS) is 19.1. The minimum atomic E-state index is 0.00852. The molecule has 30 heavy (non-hydrogen) atoms. The molecule has 0 bridgehead atoms. The lowest BCUT2D eigenvalue weighted by Gasteiger charge is -2.40. The fraction of sp³-hybridized carbons (Fsp3) is 0.391. The second kappa shape index (κ2) is 8.65. The molecule has 0 saturated carbocycles. The summed E-state index contributed by atoms with van der Waals surface area (Å²) >= 11 is 0. The average Bonchev–Trinajstić information content (AvgIpc) is 2.74. The topological polar surface area (TPSA) is 97.7 Å². The van der Waals surface area contributed by atoms with Crippen LogP contribution in [0.3, 0.4) is 0 Å². The summed E-state index contributed by atoms with van der Waals surface area (Å²) < 4.78 is 6.04. The molecular weight excluding hydrogens is 378 g/mol. The number of benzene rings is 1. The largest absolute Gasteiger partial charge is 0.471 e. The van der Waals surface area contributed by atoms with Crippen LogP contribution in [0, 0.1) is 5.92 Å². The van der Waals surface area contributed by atoms with Gasteiger partial charge in [0.05, 0.1) is 24.3 Å². The van der Waals surface area contributed by atoms with E-state index >= 15 is 0 Å². The number of rotatable bonds is 6. The van der Waals surface area contributed by atoms with E-state index in [4.69, 9.17) is 21.2 Å². The van der Waals surface area contributed by atoms with Crippen molar-refractivity contribution in [1.29, 1.82) is 0 Å². The molecule has 4 N–H and O–H groups in total. The van der Waals surface area contributed by atoms with Gasteiger partial charge in [-0.05, 0) is 50.2 Å². The zero-order valence-corrected chi connectivity index (χ0v) is 17.3. The lowest BCUT2D eigenvalue weighted by atomic mass is 9.93. The van der Waals surface area contributed by atoms with Gasteiger partial charge in [0.1, 0.15) is 17.7 Å². The van der Waals surface area contributed by atoms with Crippen molar-refractivity contribution in [3.05, 3.63) is 60.3 Å². The Morgan fingerprint density at radius 1 is 1.17 bits per heavy atom. The molecule has 4 rings (SSSR count). The number of anilines is 1. The van der Waals surface area contributed by atoms with E-state index in [9.17, 15) is 4.79 Å². The number of aromatic nitrogens is 1. The van der Waals surface area contributed by atoms with Crippen LogP contribution in [0.2, 0.25) is 0 Å². The first-order valence-electron chi connectivity index (χ1n) is 10.5. The summed E-state index contributed by atoms with van der Waals surface area (Å²) in [6.07, 6.45) is 4.93. The minimum absolute atomic E-state index is 0.00852. The van der Waals surface area contributed by atoms with Gasteiger partial charge in [0.25, 0.3) is 0 Å². The van der Waals surface area contributed by atoms with Crippen LogP contribution in [0.1, 0.15) is 19.8 Å². The fourth-order valence-electron chi connectivity index (χ4n) is 4.13. The number of carbonyl (C=O) groups excluding carboxylic acids is 1. The lowest BCUT2D eigenvalue weighted by Crippen LogP contribution is -2.53. The molecule has 2 saturated heterocycles. The summed E-state index contributed by atoms with van der Waals surface area (Å²) in [7, 11) is 0. The summed E-state index contributed by atoms with van der Waals surface area (Å²) in [4.78, 5) is 20.7. The first-order valence-corrected chi connectivity index (χ1v) is 10.5. The Morgan fingerprint density at radius 2 is 1.90 bits per heavy atom. The molecule has 0 aliphatic carbocycles. The number of allylic oxidation sites excluding steroid dienone is 1. The Labute approximate surface area is 177 Å². The van der Waals surface area contributed by atoms with Gasteiger partial charge in [-0.1, -0.05) is 18.2 Å². The highest BCUT2D eigenvalue weighted by atomic mass is 16.5. The van der Waals surface area contributed by atoms with Crippen molar-refractivity contribution in [2.45, 2.75) is 25.9 Å². The van der Waals surface area contributed by atoms with Crippen molar-refractivity contribution in [2.24, 2.45) is 17.4 Å². The highest BCUT2D eigenvalue weighted by Crippen LogP contribution is 2.26. The summed E-state index contributed by atoms with van der Waals surface area (Å²) in [5.41, 5.74) is 13.7. The summed E-state index contributed by atoms with van der Waals surface area (Å²) in [5.74, 6) is 1.73. The van der Waals surface area contributed by atoms with Gasteiger partial charge in [-0.15, -0.1) is 0 Å². The van der Waals surface area contributed by atoms with E-state index in [-0.39, 0.29) is 17.8 Å². The Morgan fingerprint density at radius 3 is 2.60 bits per heavy atom. The number of hydrogen-bond acceptors (Lipinski definition) is 7. The highest BCUT2D eigenvalue weighted by molar-refractivity contribution is 5.80. The average molecular weight is 408 g/mol. The molecule has 2 aliphatic heterocycles.